The molecule has 4 rings (SSSR count). The second-order valence-electron chi connectivity index (χ2n) is 6.50. The van der Waals surface area contributed by atoms with Gasteiger partial charge in [0.1, 0.15) is 0 Å². The first-order valence-electron chi connectivity index (χ1n) is 8.63. The summed E-state index contributed by atoms with van der Waals surface area (Å²) in [7, 11) is 0. The fraction of sp³-hybridized carbons (Fsp3) is 0.333. The summed E-state index contributed by atoms with van der Waals surface area (Å²) in [5, 5.41) is 17.3. The number of hydrogen-bond donors (Lipinski definition) is 3. The Hall–Kier alpha value is -3.00. The van der Waals surface area contributed by atoms with Crippen LogP contribution in [0.25, 0.3) is 11.6 Å². The van der Waals surface area contributed by atoms with Crippen molar-refractivity contribution in [3.8, 4) is 11.6 Å². The van der Waals surface area contributed by atoms with Gasteiger partial charge in [-0.15, -0.1) is 0 Å². The molecule has 0 radical (unpaired) electrons. The smallest absolute Gasteiger partial charge is 0.278 e. The van der Waals surface area contributed by atoms with E-state index in [1.807, 2.05) is 37.3 Å². The highest BCUT2D eigenvalue weighted by Crippen LogP contribution is 2.24. The molecule has 1 aliphatic rings. The molecule has 26 heavy (non-hydrogen) atoms. The zero-order valence-corrected chi connectivity index (χ0v) is 14.5. The average molecular weight is 352 g/mol. The molecule has 1 amide bonds. The Bertz CT molecular complexity index is 893. The van der Waals surface area contributed by atoms with E-state index in [-0.39, 0.29) is 12.3 Å². The van der Waals surface area contributed by atoms with E-state index < -0.39 is 0 Å². The van der Waals surface area contributed by atoms with Gasteiger partial charge in [-0.2, -0.15) is 10.1 Å². The number of hydrogen-bond acceptors (Lipinski definition) is 6. The van der Waals surface area contributed by atoms with Crippen molar-refractivity contribution >= 4 is 11.6 Å². The van der Waals surface area contributed by atoms with Gasteiger partial charge in [0.2, 0.25) is 5.91 Å². The molecule has 0 saturated carbocycles. The Morgan fingerprint density at radius 3 is 2.96 bits per heavy atom. The molecule has 1 fully saturated rings. The highest BCUT2D eigenvalue weighted by Gasteiger charge is 2.21. The van der Waals surface area contributed by atoms with E-state index in [4.69, 9.17) is 4.52 Å². The first-order chi connectivity index (χ1) is 12.7. The van der Waals surface area contributed by atoms with Gasteiger partial charge in [-0.05, 0) is 38.1 Å². The Morgan fingerprint density at radius 2 is 2.19 bits per heavy atom. The number of anilines is 1. The summed E-state index contributed by atoms with van der Waals surface area (Å²) in [4.78, 5) is 16.4. The highest BCUT2D eigenvalue weighted by atomic mass is 16.5. The molecule has 1 aromatic carbocycles. The van der Waals surface area contributed by atoms with Crippen LogP contribution in [-0.2, 0) is 11.2 Å². The number of aryl methyl sites for hydroxylation is 1. The van der Waals surface area contributed by atoms with Gasteiger partial charge >= 0.3 is 0 Å². The zero-order chi connectivity index (χ0) is 17.9. The molecule has 3 aromatic rings. The summed E-state index contributed by atoms with van der Waals surface area (Å²) in [5.41, 5.74) is 3.54. The first-order valence-corrected chi connectivity index (χ1v) is 8.63. The summed E-state index contributed by atoms with van der Waals surface area (Å²) in [6.07, 6.45) is 1.12. The minimum atomic E-state index is -0.194. The molecule has 8 heteroatoms. The van der Waals surface area contributed by atoms with Crippen molar-refractivity contribution in [2.45, 2.75) is 25.7 Å². The molecule has 3 heterocycles. The molecule has 0 spiro atoms. The number of benzene rings is 1. The number of nitrogens with zero attached hydrogens (tertiary/aromatic N) is 3. The highest BCUT2D eigenvalue weighted by molar-refractivity contribution is 5.91. The maximum Gasteiger partial charge on any atom is 0.278 e. The van der Waals surface area contributed by atoms with E-state index in [0.29, 0.717) is 23.3 Å². The number of carbonyl (C=O) groups excluding carboxylic acids is 1. The topological polar surface area (TPSA) is 109 Å². The SMILES string of the molecule is Cc1ccc(NC(=O)Cc2noc(-c3cc(C4CCNC4)[nH]n3)n2)cc1. The number of amides is 1. The molecular weight excluding hydrogens is 332 g/mol. The standard InChI is InChI=1S/C18H20N6O2/c1-11-2-4-13(5-3-11)20-17(25)9-16-21-18(26-24-16)15-8-14(22-23-15)12-6-7-19-10-12/h2-5,8,12,19H,6-7,9-10H2,1H3,(H,20,25)(H,22,23). The fourth-order valence-electron chi connectivity index (χ4n) is 2.99. The summed E-state index contributed by atoms with van der Waals surface area (Å²) < 4.78 is 5.25. The lowest BCUT2D eigenvalue weighted by atomic mass is 10.1. The zero-order valence-electron chi connectivity index (χ0n) is 14.5. The van der Waals surface area contributed by atoms with Crippen molar-refractivity contribution in [2.24, 2.45) is 0 Å². The maximum absolute atomic E-state index is 12.1. The van der Waals surface area contributed by atoms with Crippen LogP contribution >= 0.6 is 0 Å². The molecule has 2 aromatic heterocycles. The summed E-state index contributed by atoms with van der Waals surface area (Å²) in [5.74, 6) is 0.883. The molecule has 8 nitrogen and oxygen atoms in total. The maximum atomic E-state index is 12.1. The van der Waals surface area contributed by atoms with Crippen molar-refractivity contribution in [2.75, 3.05) is 18.4 Å². The summed E-state index contributed by atoms with van der Waals surface area (Å²) in [6, 6.07) is 9.53. The van der Waals surface area contributed by atoms with Crippen LogP contribution in [0, 0.1) is 6.92 Å². The van der Waals surface area contributed by atoms with Crippen molar-refractivity contribution in [1.29, 1.82) is 0 Å². The molecule has 0 aliphatic carbocycles. The average Bonchev–Trinajstić information content (AvgIpc) is 3.37. The van der Waals surface area contributed by atoms with Gasteiger partial charge in [0.25, 0.3) is 5.89 Å². The van der Waals surface area contributed by atoms with Gasteiger partial charge in [0.15, 0.2) is 11.5 Å². The lowest BCUT2D eigenvalue weighted by Crippen LogP contribution is -2.15. The van der Waals surface area contributed by atoms with Crippen LogP contribution in [0.15, 0.2) is 34.9 Å². The Balaban J connectivity index is 1.39. The van der Waals surface area contributed by atoms with Crippen molar-refractivity contribution in [3.63, 3.8) is 0 Å². The normalized spacial score (nSPS) is 16.7. The van der Waals surface area contributed by atoms with Crippen molar-refractivity contribution in [3.05, 3.63) is 47.4 Å². The second kappa shape index (κ2) is 7.09. The Kier molecular flexibility index (Phi) is 4.49. The van der Waals surface area contributed by atoms with E-state index in [1.54, 1.807) is 0 Å². The number of aromatic nitrogens is 4. The number of carbonyl (C=O) groups is 1. The largest absolute Gasteiger partial charge is 0.332 e. The van der Waals surface area contributed by atoms with E-state index in [9.17, 15) is 4.79 Å². The molecular formula is C18H20N6O2. The third-order valence-electron chi connectivity index (χ3n) is 4.44. The van der Waals surface area contributed by atoms with Gasteiger partial charge in [-0.25, -0.2) is 0 Å². The summed E-state index contributed by atoms with van der Waals surface area (Å²) >= 11 is 0. The van der Waals surface area contributed by atoms with E-state index in [0.717, 1.165) is 36.5 Å². The predicted molar refractivity (Wildman–Crippen MR) is 95.6 cm³/mol. The molecule has 134 valence electrons. The van der Waals surface area contributed by atoms with Crippen LogP contribution in [-0.4, -0.2) is 39.3 Å². The number of aromatic amines is 1. The molecule has 0 bridgehead atoms. The molecule has 1 unspecified atom stereocenters. The van der Waals surface area contributed by atoms with Gasteiger partial charge in [-0.1, -0.05) is 22.9 Å². The van der Waals surface area contributed by atoms with Gasteiger partial charge in [0, 0.05) is 23.8 Å². The molecule has 1 saturated heterocycles. The van der Waals surface area contributed by atoms with Crippen LogP contribution in [0.1, 0.15) is 29.4 Å². The van der Waals surface area contributed by atoms with E-state index >= 15 is 0 Å². The third-order valence-corrected chi connectivity index (χ3v) is 4.44. The first kappa shape index (κ1) is 16.5. The minimum absolute atomic E-state index is 0.0429. The van der Waals surface area contributed by atoms with Crippen molar-refractivity contribution in [1.82, 2.24) is 25.7 Å². The van der Waals surface area contributed by atoms with Gasteiger partial charge < -0.3 is 15.2 Å². The van der Waals surface area contributed by atoms with Gasteiger partial charge in [0.05, 0.1) is 6.42 Å². The lowest BCUT2D eigenvalue weighted by Gasteiger charge is -2.03. The number of H-pyrrole nitrogens is 1. The van der Waals surface area contributed by atoms with Gasteiger partial charge in [-0.3, -0.25) is 9.89 Å². The fourth-order valence-corrected chi connectivity index (χ4v) is 2.99. The third kappa shape index (κ3) is 3.65. The summed E-state index contributed by atoms with van der Waals surface area (Å²) in [6.45, 7) is 3.95. The predicted octanol–water partition coefficient (Wildman–Crippen LogP) is 2.03. The van der Waals surface area contributed by atoms with E-state index in [2.05, 4.69) is 31.0 Å². The molecule has 3 N–H and O–H groups in total. The second-order valence-corrected chi connectivity index (χ2v) is 6.50. The minimum Gasteiger partial charge on any atom is -0.332 e. The van der Waals surface area contributed by atoms with Crippen LogP contribution < -0.4 is 10.6 Å². The molecule has 1 atom stereocenters. The monoisotopic (exact) mass is 352 g/mol. The lowest BCUT2D eigenvalue weighted by molar-refractivity contribution is -0.115. The number of rotatable bonds is 5. The Labute approximate surface area is 150 Å². The van der Waals surface area contributed by atoms with E-state index in [1.165, 1.54) is 0 Å². The van der Waals surface area contributed by atoms with Crippen LogP contribution in [0.4, 0.5) is 5.69 Å². The van der Waals surface area contributed by atoms with Crippen LogP contribution in [0.3, 0.4) is 0 Å². The quantitative estimate of drug-likeness (QED) is 0.648. The molecule has 1 aliphatic heterocycles. The van der Waals surface area contributed by atoms with Crippen molar-refractivity contribution < 1.29 is 9.32 Å². The van der Waals surface area contributed by atoms with Crippen LogP contribution in [0.2, 0.25) is 0 Å². The number of nitrogens with one attached hydrogen (secondary N) is 3. The van der Waals surface area contributed by atoms with Crippen LogP contribution in [0.5, 0.6) is 0 Å². The Morgan fingerprint density at radius 1 is 1.35 bits per heavy atom.